The molecule has 0 atom stereocenters. The van der Waals surface area contributed by atoms with Crippen LogP contribution in [0.3, 0.4) is 0 Å². The summed E-state index contributed by atoms with van der Waals surface area (Å²) < 4.78 is 10.4. The fourth-order valence-electron chi connectivity index (χ4n) is 7.37. The van der Waals surface area contributed by atoms with Gasteiger partial charge in [0.1, 0.15) is 19.3 Å². The van der Waals surface area contributed by atoms with E-state index in [1.807, 2.05) is 0 Å². The summed E-state index contributed by atoms with van der Waals surface area (Å²) in [6.45, 7) is 4.33. The van der Waals surface area contributed by atoms with Crippen molar-refractivity contribution >= 4 is 11.9 Å². The van der Waals surface area contributed by atoms with E-state index in [1.54, 1.807) is 0 Å². The van der Waals surface area contributed by atoms with Crippen LogP contribution in [0.1, 0.15) is 271 Å². The van der Waals surface area contributed by atoms with Gasteiger partial charge in [-0.05, 0) is 64.2 Å². The minimum absolute atomic E-state index is 0.112. The molecule has 0 aromatic carbocycles. The predicted molar refractivity (Wildman–Crippen MR) is 242 cm³/mol. The van der Waals surface area contributed by atoms with Crippen molar-refractivity contribution in [3.05, 3.63) is 24.3 Å². The molecule has 5 heteroatoms. The molecule has 0 bridgehead atoms. The monoisotopic (exact) mass is 789 g/mol. The van der Waals surface area contributed by atoms with Gasteiger partial charge in [0.2, 0.25) is 0 Å². The summed E-state index contributed by atoms with van der Waals surface area (Å²) in [6, 6.07) is 0. The van der Waals surface area contributed by atoms with Crippen molar-refractivity contribution in [1.82, 2.24) is 0 Å². The first-order chi connectivity index (χ1) is 27.6. The maximum Gasteiger partial charge on any atom is 0.305 e. The summed E-state index contributed by atoms with van der Waals surface area (Å²) >= 11 is 0. The zero-order chi connectivity index (χ0) is 40.7. The molecule has 5 nitrogen and oxygen atoms in total. The number of ether oxygens (including phenoxy) is 2. The maximum absolute atomic E-state index is 12.0. The van der Waals surface area contributed by atoms with E-state index in [0.717, 1.165) is 38.5 Å². The van der Waals surface area contributed by atoms with Gasteiger partial charge in [-0.3, -0.25) is 9.59 Å². The number of hydrogen-bond acceptors (Lipinski definition) is 5. The van der Waals surface area contributed by atoms with Gasteiger partial charge >= 0.3 is 11.9 Å². The molecule has 0 radical (unpaired) electrons. The van der Waals surface area contributed by atoms with Crippen molar-refractivity contribution in [3.63, 3.8) is 0 Å². The van der Waals surface area contributed by atoms with E-state index in [-0.39, 0.29) is 25.2 Å². The molecule has 1 N–H and O–H groups in total. The lowest BCUT2D eigenvalue weighted by atomic mass is 10.0. The van der Waals surface area contributed by atoms with E-state index < -0.39 is 6.10 Å². The van der Waals surface area contributed by atoms with Crippen molar-refractivity contribution in [2.45, 2.75) is 277 Å². The van der Waals surface area contributed by atoms with Crippen LogP contribution in [-0.4, -0.2) is 36.4 Å². The molecule has 0 saturated carbocycles. The second-order valence-corrected chi connectivity index (χ2v) is 16.9. The first-order valence-electron chi connectivity index (χ1n) is 24.9. The Hall–Kier alpha value is -1.62. The molecule has 56 heavy (non-hydrogen) atoms. The molecule has 0 amide bonds. The van der Waals surface area contributed by atoms with E-state index in [0.29, 0.717) is 12.8 Å². The molecule has 0 rings (SSSR count). The summed E-state index contributed by atoms with van der Waals surface area (Å²) in [5, 5.41) is 10.1. The van der Waals surface area contributed by atoms with Crippen molar-refractivity contribution < 1.29 is 24.2 Å². The fourth-order valence-corrected chi connectivity index (χ4v) is 7.37. The highest BCUT2D eigenvalue weighted by molar-refractivity contribution is 5.69. The summed E-state index contributed by atoms with van der Waals surface area (Å²) in [7, 11) is 0. The molecule has 0 unspecified atom stereocenters. The van der Waals surface area contributed by atoms with E-state index >= 15 is 0 Å². The van der Waals surface area contributed by atoms with Crippen LogP contribution in [0.5, 0.6) is 0 Å². The summed E-state index contributed by atoms with van der Waals surface area (Å²) in [6.07, 6.45) is 58.3. The van der Waals surface area contributed by atoms with Crippen LogP contribution in [-0.2, 0) is 19.1 Å². The molecule has 0 aromatic heterocycles. The van der Waals surface area contributed by atoms with Crippen molar-refractivity contribution in [1.29, 1.82) is 0 Å². The van der Waals surface area contributed by atoms with Gasteiger partial charge in [0, 0.05) is 12.8 Å². The van der Waals surface area contributed by atoms with Crippen LogP contribution in [0.15, 0.2) is 24.3 Å². The van der Waals surface area contributed by atoms with E-state index in [9.17, 15) is 14.7 Å². The molecular formula is C51H96O5. The van der Waals surface area contributed by atoms with E-state index in [1.165, 1.54) is 205 Å². The highest BCUT2D eigenvalue weighted by Crippen LogP contribution is 2.15. The van der Waals surface area contributed by atoms with Gasteiger partial charge < -0.3 is 14.6 Å². The van der Waals surface area contributed by atoms with Crippen LogP contribution in [0.25, 0.3) is 0 Å². The molecule has 0 aromatic rings. The SMILES string of the molecule is CCCCCCCC/C=C\CCCCCCCCCCCCCC(=O)OCC(O)COC(=O)CCCCCCCCCCCCC/C=C\CCCCCCCC. The lowest BCUT2D eigenvalue weighted by molar-refractivity contribution is -0.152. The third kappa shape index (κ3) is 46.8. The molecule has 0 aliphatic rings. The number of unbranched alkanes of at least 4 members (excludes halogenated alkanes) is 34. The molecule has 0 heterocycles. The highest BCUT2D eigenvalue weighted by Gasteiger charge is 2.12. The predicted octanol–water partition coefficient (Wildman–Crippen LogP) is 16.2. The highest BCUT2D eigenvalue weighted by atomic mass is 16.6. The lowest BCUT2D eigenvalue weighted by Gasteiger charge is -2.12. The first kappa shape index (κ1) is 54.4. The average Bonchev–Trinajstić information content (AvgIpc) is 3.20. The third-order valence-electron chi connectivity index (χ3n) is 11.2. The number of esters is 2. The maximum atomic E-state index is 12.0. The number of rotatable bonds is 46. The average molecular weight is 789 g/mol. The van der Waals surface area contributed by atoms with Crippen LogP contribution < -0.4 is 0 Å². The van der Waals surface area contributed by atoms with Gasteiger partial charge in [0.15, 0.2) is 0 Å². The Balaban J connectivity index is 3.37. The smallest absolute Gasteiger partial charge is 0.305 e. The zero-order valence-electron chi connectivity index (χ0n) is 37.7. The number of carbonyl (C=O) groups excluding carboxylic acids is 2. The standard InChI is InChI=1S/C51H96O5/c1-3-5-7-9-11-13-15-17-19-21-23-25-27-29-31-33-35-37-39-41-43-45-50(53)55-47-49(52)48-56-51(54)46-44-42-40-38-36-34-32-30-28-26-24-22-20-18-16-14-12-10-8-6-4-2/h17-20,49,52H,3-16,21-48H2,1-2H3/b19-17-,20-18-. The molecule has 0 saturated heterocycles. The largest absolute Gasteiger partial charge is 0.463 e. The zero-order valence-corrected chi connectivity index (χ0v) is 37.7. The number of carbonyl (C=O) groups is 2. The van der Waals surface area contributed by atoms with Gasteiger partial charge in [-0.25, -0.2) is 0 Å². The topological polar surface area (TPSA) is 72.8 Å². The Morgan fingerprint density at radius 3 is 0.821 bits per heavy atom. The van der Waals surface area contributed by atoms with Crippen molar-refractivity contribution in [2.24, 2.45) is 0 Å². The third-order valence-corrected chi connectivity index (χ3v) is 11.2. The van der Waals surface area contributed by atoms with Crippen LogP contribution in [0, 0.1) is 0 Å². The number of allylic oxidation sites excluding steroid dienone is 4. The van der Waals surface area contributed by atoms with E-state index in [2.05, 4.69) is 38.2 Å². The fraction of sp³-hybridized carbons (Fsp3) is 0.882. The Morgan fingerprint density at radius 2 is 0.571 bits per heavy atom. The Kier molecular flexibility index (Phi) is 46.4. The summed E-state index contributed by atoms with van der Waals surface area (Å²) in [4.78, 5) is 24.1. The number of aliphatic hydroxyl groups excluding tert-OH is 1. The summed E-state index contributed by atoms with van der Waals surface area (Å²) in [5.41, 5.74) is 0. The van der Waals surface area contributed by atoms with Crippen molar-refractivity contribution in [3.8, 4) is 0 Å². The van der Waals surface area contributed by atoms with Gasteiger partial charge in [-0.1, -0.05) is 218 Å². The number of hydrogen-bond donors (Lipinski definition) is 1. The van der Waals surface area contributed by atoms with Crippen LogP contribution in [0.2, 0.25) is 0 Å². The quantitative estimate of drug-likeness (QED) is 0.0378. The molecule has 330 valence electrons. The lowest BCUT2D eigenvalue weighted by Crippen LogP contribution is -2.25. The van der Waals surface area contributed by atoms with E-state index in [4.69, 9.17) is 9.47 Å². The molecule has 0 aliphatic heterocycles. The molecule has 0 aliphatic carbocycles. The van der Waals surface area contributed by atoms with Crippen LogP contribution in [0.4, 0.5) is 0 Å². The summed E-state index contributed by atoms with van der Waals surface area (Å²) in [5.74, 6) is -0.554. The Bertz CT molecular complexity index is 783. The molecule has 0 spiro atoms. The normalized spacial score (nSPS) is 11.8. The van der Waals surface area contributed by atoms with Gasteiger partial charge in [0.05, 0.1) is 0 Å². The van der Waals surface area contributed by atoms with Crippen molar-refractivity contribution in [2.75, 3.05) is 13.2 Å². The molecular weight excluding hydrogens is 693 g/mol. The Labute approximate surface area is 349 Å². The second-order valence-electron chi connectivity index (χ2n) is 16.9. The minimum Gasteiger partial charge on any atom is -0.463 e. The number of aliphatic hydroxyl groups is 1. The Morgan fingerprint density at radius 1 is 0.357 bits per heavy atom. The van der Waals surface area contributed by atoms with Crippen LogP contribution >= 0.6 is 0 Å². The molecule has 0 fully saturated rings. The minimum atomic E-state index is -0.962. The second kappa shape index (κ2) is 47.8. The van der Waals surface area contributed by atoms with Gasteiger partial charge in [-0.2, -0.15) is 0 Å². The first-order valence-corrected chi connectivity index (χ1v) is 24.9. The van der Waals surface area contributed by atoms with Gasteiger partial charge in [-0.15, -0.1) is 0 Å². The van der Waals surface area contributed by atoms with Gasteiger partial charge in [0.25, 0.3) is 0 Å².